The number of benzene rings is 1. The number of phenolic OH excluding ortho intramolecular Hbond substituents is 1. The third-order valence-corrected chi connectivity index (χ3v) is 4.94. The van der Waals surface area contributed by atoms with E-state index in [-0.39, 0.29) is 17.1 Å². The van der Waals surface area contributed by atoms with Crippen LogP contribution in [0.4, 0.5) is 5.82 Å². The Morgan fingerprint density at radius 1 is 1.33 bits per heavy atom. The number of fused-ring (bicyclic) bond motifs is 1. The number of methoxy groups -OCH3 is 2. The number of carbonyl (C=O) groups excluding carboxylic acids is 1. The number of thioether (sulfide) groups is 1. The number of phenols is 1. The molecule has 27 heavy (non-hydrogen) atoms. The van der Waals surface area contributed by atoms with Gasteiger partial charge in [-0.1, -0.05) is 17.8 Å². The highest BCUT2D eigenvalue weighted by atomic mass is 32.2. The lowest BCUT2D eigenvalue weighted by Gasteiger charge is -2.28. The summed E-state index contributed by atoms with van der Waals surface area (Å²) in [5, 5.41) is 13.4. The number of nitrogens with one attached hydrogen (secondary N) is 2. The number of rotatable bonds is 4. The van der Waals surface area contributed by atoms with Gasteiger partial charge in [-0.15, -0.1) is 0 Å². The van der Waals surface area contributed by atoms with E-state index < -0.39 is 11.9 Å². The molecule has 2 heterocycles. The zero-order valence-corrected chi connectivity index (χ0v) is 16.1. The standard InChI is InChI=1S/C18H19N3O5S/c1-8-12(17(24)26-3)13(9-5-6-10(22)11(7-9)25-2)14-15(19-8)20-18(27-4)21-16(14)23/h5-7,13,22H,1-4H3,(H2,19,20,21,23). The Bertz CT molecular complexity index is 999. The smallest absolute Gasteiger partial charge is 0.336 e. The van der Waals surface area contributed by atoms with Gasteiger partial charge in [-0.3, -0.25) is 4.79 Å². The first-order valence-electron chi connectivity index (χ1n) is 8.02. The van der Waals surface area contributed by atoms with Crippen LogP contribution >= 0.6 is 11.8 Å². The second kappa shape index (κ2) is 7.36. The van der Waals surface area contributed by atoms with Crippen molar-refractivity contribution < 1.29 is 19.4 Å². The van der Waals surface area contributed by atoms with Gasteiger partial charge in [0.1, 0.15) is 5.82 Å². The molecule has 142 valence electrons. The number of allylic oxidation sites excluding steroid dienone is 1. The zero-order valence-electron chi connectivity index (χ0n) is 15.2. The molecule has 0 aliphatic carbocycles. The normalized spacial score (nSPS) is 15.8. The van der Waals surface area contributed by atoms with Crippen LogP contribution in [-0.2, 0) is 9.53 Å². The van der Waals surface area contributed by atoms with E-state index in [1.165, 1.54) is 32.0 Å². The van der Waals surface area contributed by atoms with Crippen LogP contribution in [-0.4, -0.2) is 41.5 Å². The molecule has 0 bridgehead atoms. The maximum Gasteiger partial charge on any atom is 0.336 e. The molecular formula is C18H19N3O5S. The fourth-order valence-electron chi connectivity index (χ4n) is 3.12. The van der Waals surface area contributed by atoms with E-state index in [9.17, 15) is 14.7 Å². The average molecular weight is 389 g/mol. The number of hydrogen-bond donors (Lipinski definition) is 3. The number of ether oxygens (including phenoxy) is 2. The highest BCUT2D eigenvalue weighted by Gasteiger charge is 2.36. The molecule has 1 aliphatic heterocycles. The van der Waals surface area contributed by atoms with Crippen molar-refractivity contribution in [3.8, 4) is 11.5 Å². The van der Waals surface area contributed by atoms with Crippen molar-refractivity contribution in [2.45, 2.75) is 18.0 Å². The van der Waals surface area contributed by atoms with Gasteiger partial charge in [0.25, 0.3) is 5.56 Å². The van der Waals surface area contributed by atoms with Crippen molar-refractivity contribution in [1.82, 2.24) is 9.97 Å². The van der Waals surface area contributed by atoms with E-state index in [0.29, 0.717) is 33.4 Å². The molecule has 1 aromatic carbocycles. The summed E-state index contributed by atoms with van der Waals surface area (Å²) in [6.45, 7) is 1.72. The van der Waals surface area contributed by atoms with Crippen molar-refractivity contribution in [2.75, 3.05) is 25.8 Å². The predicted molar refractivity (Wildman–Crippen MR) is 101 cm³/mol. The van der Waals surface area contributed by atoms with Gasteiger partial charge in [-0.05, 0) is 30.9 Å². The van der Waals surface area contributed by atoms with Gasteiger partial charge >= 0.3 is 5.97 Å². The van der Waals surface area contributed by atoms with Gasteiger partial charge in [-0.2, -0.15) is 0 Å². The summed E-state index contributed by atoms with van der Waals surface area (Å²) in [6, 6.07) is 4.68. The van der Waals surface area contributed by atoms with Crippen LogP contribution in [0, 0.1) is 0 Å². The molecule has 0 radical (unpaired) electrons. The van der Waals surface area contributed by atoms with Crippen molar-refractivity contribution in [3.05, 3.63) is 50.9 Å². The van der Waals surface area contributed by atoms with Crippen molar-refractivity contribution in [3.63, 3.8) is 0 Å². The molecular weight excluding hydrogens is 370 g/mol. The largest absolute Gasteiger partial charge is 0.504 e. The summed E-state index contributed by atoms with van der Waals surface area (Å²) in [5.41, 5.74) is 1.36. The summed E-state index contributed by atoms with van der Waals surface area (Å²) in [5.74, 6) is -0.711. The molecule has 0 saturated heterocycles. The van der Waals surface area contributed by atoms with Crippen LogP contribution in [0.5, 0.6) is 11.5 Å². The Morgan fingerprint density at radius 3 is 2.70 bits per heavy atom. The topological polar surface area (TPSA) is 114 Å². The van der Waals surface area contributed by atoms with Crippen molar-refractivity contribution in [2.24, 2.45) is 0 Å². The van der Waals surface area contributed by atoms with Gasteiger partial charge in [0.15, 0.2) is 16.7 Å². The maximum atomic E-state index is 12.8. The van der Waals surface area contributed by atoms with E-state index in [1.54, 1.807) is 25.3 Å². The summed E-state index contributed by atoms with van der Waals surface area (Å²) in [6.07, 6.45) is 1.80. The first-order chi connectivity index (χ1) is 12.9. The van der Waals surface area contributed by atoms with E-state index in [2.05, 4.69) is 15.3 Å². The lowest BCUT2D eigenvalue weighted by atomic mass is 9.82. The van der Waals surface area contributed by atoms with Crippen molar-refractivity contribution in [1.29, 1.82) is 0 Å². The van der Waals surface area contributed by atoms with Gasteiger partial charge in [0.2, 0.25) is 0 Å². The third kappa shape index (κ3) is 3.25. The van der Waals surface area contributed by atoms with Gasteiger partial charge in [0.05, 0.1) is 31.3 Å². The summed E-state index contributed by atoms with van der Waals surface area (Å²) < 4.78 is 10.1. The number of H-pyrrole nitrogens is 1. The van der Waals surface area contributed by atoms with E-state index in [4.69, 9.17) is 9.47 Å². The zero-order chi connectivity index (χ0) is 19.7. The minimum atomic E-state index is -0.727. The Hall–Kier alpha value is -2.94. The van der Waals surface area contributed by atoms with Crippen LogP contribution in [0.25, 0.3) is 0 Å². The Morgan fingerprint density at radius 2 is 2.07 bits per heavy atom. The molecule has 9 heteroatoms. The fraction of sp³-hybridized carbons (Fsp3) is 0.278. The molecule has 1 atom stereocenters. The molecule has 1 aromatic heterocycles. The van der Waals surface area contributed by atoms with E-state index in [1.807, 2.05) is 0 Å². The number of anilines is 1. The number of aromatic hydroxyl groups is 1. The highest BCUT2D eigenvalue weighted by Crippen LogP contribution is 2.42. The predicted octanol–water partition coefficient (Wildman–Crippen LogP) is 2.21. The van der Waals surface area contributed by atoms with Gasteiger partial charge in [-0.25, -0.2) is 9.78 Å². The van der Waals surface area contributed by atoms with Crippen LogP contribution in [0.3, 0.4) is 0 Å². The Labute approximate surface area is 159 Å². The molecule has 0 amide bonds. The SMILES string of the molecule is COC(=O)C1=C(C)Nc2nc(SC)[nH]c(=O)c2C1c1ccc(O)c(OC)c1. The summed E-state index contributed by atoms with van der Waals surface area (Å²) in [4.78, 5) is 32.4. The molecule has 1 aliphatic rings. The van der Waals surface area contributed by atoms with E-state index in [0.717, 1.165) is 0 Å². The quantitative estimate of drug-likeness (QED) is 0.414. The minimum Gasteiger partial charge on any atom is -0.504 e. The molecule has 0 saturated carbocycles. The molecule has 0 fully saturated rings. The number of aromatic nitrogens is 2. The highest BCUT2D eigenvalue weighted by molar-refractivity contribution is 7.98. The second-order valence-corrected chi connectivity index (χ2v) is 6.65. The molecule has 0 spiro atoms. The number of nitrogens with zero attached hydrogens (tertiary/aromatic N) is 1. The summed E-state index contributed by atoms with van der Waals surface area (Å²) in [7, 11) is 2.71. The monoisotopic (exact) mass is 389 g/mol. The van der Waals surface area contributed by atoms with Crippen molar-refractivity contribution >= 4 is 23.5 Å². The third-order valence-electron chi connectivity index (χ3n) is 4.36. The Kier molecular flexibility index (Phi) is 5.13. The lowest BCUT2D eigenvalue weighted by molar-refractivity contribution is -0.136. The van der Waals surface area contributed by atoms with Crippen LogP contribution in [0.1, 0.15) is 24.0 Å². The lowest BCUT2D eigenvalue weighted by Crippen LogP contribution is -2.30. The molecule has 3 rings (SSSR count). The summed E-state index contributed by atoms with van der Waals surface area (Å²) >= 11 is 1.31. The van der Waals surface area contributed by atoms with Crippen LogP contribution in [0.2, 0.25) is 0 Å². The number of hydrogen-bond acceptors (Lipinski definition) is 8. The molecule has 8 nitrogen and oxygen atoms in total. The fourth-order valence-corrected chi connectivity index (χ4v) is 3.49. The van der Waals surface area contributed by atoms with Gasteiger partial charge in [0, 0.05) is 5.70 Å². The van der Waals surface area contributed by atoms with E-state index >= 15 is 0 Å². The molecule has 2 aromatic rings. The van der Waals surface area contributed by atoms with Crippen LogP contribution in [0.15, 0.2) is 39.4 Å². The number of aromatic amines is 1. The Balaban J connectivity index is 2.30. The first-order valence-corrected chi connectivity index (χ1v) is 9.24. The van der Waals surface area contributed by atoms with Gasteiger partial charge < -0.3 is 24.9 Å². The molecule has 1 unspecified atom stereocenters. The first kappa shape index (κ1) is 18.8. The number of esters is 1. The second-order valence-electron chi connectivity index (χ2n) is 5.86. The van der Waals surface area contributed by atoms with Crippen LogP contribution < -0.4 is 15.6 Å². The molecule has 3 N–H and O–H groups in total. The minimum absolute atomic E-state index is 0.0412. The maximum absolute atomic E-state index is 12.8. The number of carbonyl (C=O) groups is 1. The average Bonchev–Trinajstić information content (AvgIpc) is 2.66.